The molecule has 2 heterocycles. The zero-order valence-corrected chi connectivity index (χ0v) is 10.9. The summed E-state index contributed by atoms with van der Waals surface area (Å²) >= 11 is 2.55. The molecule has 0 aliphatic carbocycles. The number of nitrogens with zero attached hydrogens (tertiary/aromatic N) is 3. The molecule has 6 nitrogen and oxygen atoms in total. The first-order chi connectivity index (χ1) is 7.99. The summed E-state index contributed by atoms with van der Waals surface area (Å²) in [5.74, 6) is -0.292. The Hall–Kier alpha value is -1.54. The molecule has 1 amide bonds. The van der Waals surface area contributed by atoms with E-state index in [1.54, 1.807) is 6.20 Å². The number of hydrogen-bond acceptors (Lipinski definition) is 7. The van der Waals surface area contributed by atoms with Gasteiger partial charge in [0.25, 0.3) is 5.91 Å². The molecule has 0 aromatic carbocycles. The average Bonchev–Trinajstić information content (AvgIpc) is 2.86. The molecular weight excluding hydrogens is 258 g/mol. The lowest BCUT2D eigenvalue weighted by molar-refractivity contribution is 0.0911. The Kier molecular flexibility index (Phi) is 3.07. The molecule has 2 rings (SSSR count). The van der Waals surface area contributed by atoms with Crippen molar-refractivity contribution < 1.29 is 4.79 Å². The number of hydrogen-bond donors (Lipinski definition) is 2. The second kappa shape index (κ2) is 4.38. The highest BCUT2D eigenvalue weighted by Gasteiger charge is 2.27. The first-order valence-electron chi connectivity index (χ1n) is 4.80. The van der Waals surface area contributed by atoms with Gasteiger partial charge in [-0.05, 0) is 13.8 Å². The molecule has 17 heavy (non-hydrogen) atoms. The minimum atomic E-state index is -0.536. The molecule has 0 aliphatic rings. The summed E-state index contributed by atoms with van der Waals surface area (Å²) in [6.45, 7) is 3.77. The predicted octanol–water partition coefficient (Wildman–Crippen LogP) is 1.24. The zero-order valence-electron chi connectivity index (χ0n) is 9.30. The largest absolute Gasteiger partial charge is 0.374 e. The van der Waals surface area contributed by atoms with Crippen LogP contribution in [0.25, 0.3) is 0 Å². The van der Waals surface area contributed by atoms with Gasteiger partial charge in [-0.1, -0.05) is 11.3 Å². The molecule has 0 atom stereocenters. The van der Waals surface area contributed by atoms with Gasteiger partial charge in [0.05, 0.1) is 5.54 Å². The highest BCUT2D eigenvalue weighted by molar-refractivity contribution is 7.16. The number of aromatic nitrogens is 3. The minimum absolute atomic E-state index is 0.257. The topological polar surface area (TPSA) is 93.8 Å². The third-order valence-corrected chi connectivity index (χ3v) is 3.88. The van der Waals surface area contributed by atoms with E-state index in [0.717, 1.165) is 16.3 Å². The molecule has 0 fully saturated rings. The molecule has 2 aromatic rings. The van der Waals surface area contributed by atoms with Gasteiger partial charge >= 0.3 is 0 Å². The van der Waals surface area contributed by atoms with E-state index in [1.807, 2.05) is 19.2 Å². The highest BCUT2D eigenvalue weighted by atomic mass is 32.1. The predicted molar refractivity (Wildman–Crippen MR) is 66.9 cm³/mol. The van der Waals surface area contributed by atoms with Crippen molar-refractivity contribution in [2.75, 3.05) is 5.73 Å². The summed E-state index contributed by atoms with van der Waals surface area (Å²) in [6, 6.07) is 0. The van der Waals surface area contributed by atoms with E-state index in [9.17, 15) is 4.79 Å². The van der Waals surface area contributed by atoms with Gasteiger partial charge in [0, 0.05) is 11.6 Å². The summed E-state index contributed by atoms with van der Waals surface area (Å²) in [7, 11) is 0. The number of amides is 1. The van der Waals surface area contributed by atoms with Crippen molar-refractivity contribution in [3.05, 3.63) is 21.6 Å². The van der Waals surface area contributed by atoms with Crippen molar-refractivity contribution in [2.24, 2.45) is 0 Å². The van der Waals surface area contributed by atoms with Crippen molar-refractivity contribution >= 4 is 33.7 Å². The third kappa shape index (κ3) is 2.59. The van der Waals surface area contributed by atoms with Gasteiger partial charge in [-0.3, -0.25) is 4.79 Å². The van der Waals surface area contributed by atoms with Gasteiger partial charge in [-0.15, -0.1) is 21.5 Å². The van der Waals surface area contributed by atoms with Crippen molar-refractivity contribution in [3.8, 4) is 0 Å². The van der Waals surface area contributed by atoms with Crippen LogP contribution in [-0.4, -0.2) is 21.1 Å². The molecule has 90 valence electrons. The van der Waals surface area contributed by atoms with Crippen LogP contribution in [0.15, 0.2) is 11.6 Å². The Bertz CT molecular complexity index is 519. The second-order valence-corrected chi connectivity index (χ2v) is 5.77. The lowest BCUT2D eigenvalue weighted by Gasteiger charge is -2.22. The number of rotatable bonds is 3. The SMILES string of the molecule is CC(C)(NC(=O)c1nnc(N)s1)c1nccs1. The minimum Gasteiger partial charge on any atom is -0.374 e. The van der Waals surface area contributed by atoms with E-state index in [1.165, 1.54) is 11.3 Å². The van der Waals surface area contributed by atoms with Crippen LogP contribution in [0.1, 0.15) is 28.7 Å². The average molecular weight is 269 g/mol. The zero-order chi connectivity index (χ0) is 12.5. The highest BCUT2D eigenvalue weighted by Crippen LogP contribution is 2.23. The smallest absolute Gasteiger partial charge is 0.283 e. The van der Waals surface area contributed by atoms with Crippen molar-refractivity contribution in [1.82, 2.24) is 20.5 Å². The molecule has 0 saturated carbocycles. The van der Waals surface area contributed by atoms with Crippen LogP contribution in [0, 0.1) is 0 Å². The molecule has 2 aromatic heterocycles. The van der Waals surface area contributed by atoms with Crippen LogP contribution in [0.4, 0.5) is 5.13 Å². The van der Waals surface area contributed by atoms with Gasteiger partial charge < -0.3 is 11.1 Å². The van der Waals surface area contributed by atoms with E-state index in [4.69, 9.17) is 5.73 Å². The van der Waals surface area contributed by atoms with Crippen LogP contribution < -0.4 is 11.1 Å². The first-order valence-corrected chi connectivity index (χ1v) is 6.50. The Morgan fingerprint density at radius 1 is 1.47 bits per heavy atom. The molecule has 3 N–H and O–H groups in total. The van der Waals surface area contributed by atoms with E-state index in [2.05, 4.69) is 20.5 Å². The number of anilines is 1. The second-order valence-electron chi connectivity index (χ2n) is 3.86. The number of nitrogens with one attached hydrogen (secondary N) is 1. The molecule has 0 bridgehead atoms. The molecule has 0 saturated heterocycles. The van der Waals surface area contributed by atoms with Crippen LogP contribution in [0.5, 0.6) is 0 Å². The first kappa shape index (κ1) is 11.9. The summed E-state index contributed by atoms with van der Waals surface area (Å²) in [4.78, 5) is 16.1. The molecular formula is C9H11N5OS2. The fourth-order valence-electron chi connectivity index (χ4n) is 1.25. The Morgan fingerprint density at radius 3 is 2.76 bits per heavy atom. The molecule has 0 spiro atoms. The maximum Gasteiger partial charge on any atom is 0.283 e. The Balaban J connectivity index is 2.13. The third-order valence-electron chi connectivity index (χ3n) is 2.03. The summed E-state index contributed by atoms with van der Waals surface area (Å²) in [5, 5.41) is 13.4. The monoisotopic (exact) mass is 269 g/mol. The van der Waals surface area contributed by atoms with Crippen molar-refractivity contribution in [2.45, 2.75) is 19.4 Å². The molecule has 0 radical (unpaired) electrons. The number of nitrogen functional groups attached to an aromatic ring is 1. The van der Waals surface area contributed by atoms with Crippen molar-refractivity contribution in [1.29, 1.82) is 0 Å². The van der Waals surface area contributed by atoms with E-state index in [0.29, 0.717) is 0 Å². The van der Waals surface area contributed by atoms with Crippen LogP contribution in [-0.2, 0) is 5.54 Å². The lowest BCUT2D eigenvalue weighted by Crippen LogP contribution is -2.40. The standard InChI is InChI=1S/C9H11N5OS2/c1-9(2,7-11-3-4-16-7)12-5(15)6-13-14-8(10)17-6/h3-4H,1-2H3,(H2,10,14)(H,12,15). The van der Waals surface area contributed by atoms with Crippen molar-refractivity contribution in [3.63, 3.8) is 0 Å². The lowest BCUT2D eigenvalue weighted by atomic mass is 10.1. The van der Waals surface area contributed by atoms with E-state index < -0.39 is 5.54 Å². The van der Waals surface area contributed by atoms with Gasteiger partial charge in [-0.2, -0.15) is 0 Å². The summed E-state index contributed by atoms with van der Waals surface area (Å²) in [5.41, 5.74) is 4.89. The fraction of sp³-hybridized carbons (Fsp3) is 0.333. The van der Waals surface area contributed by atoms with Gasteiger partial charge in [0.2, 0.25) is 10.1 Å². The molecule has 8 heteroatoms. The summed E-state index contributed by atoms with van der Waals surface area (Å²) in [6.07, 6.45) is 1.71. The van der Waals surface area contributed by atoms with Crippen LogP contribution in [0.3, 0.4) is 0 Å². The van der Waals surface area contributed by atoms with Crippen LogP contribution >= 0.6 is 22.7 Å². The number of carbonyl (C=O) groups is 1. The maximum absolute atomic E-state index is 11.9. The number of carbonyl (C=O) groups excluding carboxylic acids is 1. The van der Waals surface area contributed by atoms with E-state index in [-0.39, 0.29) is 16.0 Å². The van der Waals surface area contributed by atoms with Gasteiger partial charge in [0.1, 0.15) is 5.01 Å². The fourth-order valence-corrected chi connectivity index (χ4v) is 2.47. The number of thiazole rings is 1. The van der Waals surface area contributed by atoms with E-state index >= 15 is 0 Å². The Morgan fingerprint density at radius 2 is 2.24 bits per heavy atom. The van der Waals surface area contributed by atoms with Gasteiger partial charge in [0.15, 0.2) is 0 Å². The maximum atomic E-state index is 11.9. The van der Waals surface area contributed by atoms with Gasteiger partial charge in [-0.25, -0.2) is 4.98 Å². The normalized spacial score (nSPS) is 11.4. The Labute approximate surface area is 106 Å². The molecule has 0 aliphatic heterocycles. The molecule has 0 unspecified atom stereocenters. The quantitative estimate of drug-likeness (QED) is 0.874. The van der Waals surface area contributed by atoms with Crippen LogP contribution in [0.2, 0.25) is 0 Å². The number of nitrogens with two attached hydrogens (primary N) is 1. The summed E-state index contributed by atoms with van der Waals surface area (Å²) < 4.78 is 0.